The molecular formula is C11H15ClO. The third kappa shape index (κ3) is 3.37. The van der Waals surface area contributed by atoms with Gasteiger partial charge in [-0.05, 0) is 37.0 Å². The van der Waals surface area contributed by atoms with Crippen LogP contribution in [0.5, 0.6) is 0 Å². The number of aliphatic hydroxyl groups excluding tert-OH is 1. The normalized spacial score (nSPS) is 15.4. The minimum Gasteiger partial charge on any atom is -0.393 e. The van der Waals surface area contributed by atoms with E-state index in [9.17, 15) is 5.11 Å². The number of benzene rings is 1. The Bertz CT molecular complexity index is 253. The highest BCUT2D eigenvalue weighted by Gasteiger charge is 2.08. The number of hydrogen-bond donors (Lipinski definition) is 1. The van der Waals surface area contributed by atoms with Crippen molar-refractivity contribution in [3.8, 4) is 0 Å². The number of hydrogen-bond acceptors (Lipinski definition) is 1. The maximum atomic E-state index is 9.31. The number of halogens is 1. The van der Waals surface area contributed by atoms with Gasteiger partial charge < -0.3 is 5.11 Å². The van der Waals surface area contributed by atoms with Crippen LogP contribution in [0.2, 0.25) is 5.02 Å². The summed E-state index contributed by atoms with van der Waals surface area (Å²) in [4.78, 5) is 0. The molecule has 1 rings (SSSR count). The summed E-state index contributed by atoms with van der Waals surface area (Å²) in [5.41, 5.74) is 1.22. The molecule has 0 aliphatic heterocycles. The van der Waals surface area contributed by atoms with Gasteiger partial charge in [-0.15, -0.1) is 0 Å². The molecule has 0 radical (unpaired) electrons. The Hall–Kier alpha value is -0.530. The van der Waals surface area contributed by atoms with Crippen LogP contribution in [0.15, 0.2) is 24.3 Å². The SMILES string of the molecule is CC(O)C(C)Cc1ccc(Cl)cc1. The van der Waals surface area contributed by atoms with E-state index in [0.717, 1.165) is 11.4 Å². The summed E-state index contributed by atoms with van der Waals surface area (Å²) in [6, 6.07) is 7.76. The zero-order chi connectivity index (χ0) is 9.84. The Balaban J connectivity index is 2.59. The van der Waals surface area contributed by atoms with Crippen molar-refractivity contribution in [2.75, 3.05) is 0 Å². The summed E-state index contributed by atoms with van der Waals surface area (Å²) in [5, 5.41) is 10.1. The Morgan fingerprint density at radius 2 is 1.77 bits per heavy atom. The molecule has 0 saturated carbocycles. The summed E-state index contributed by atoms with van der Waals surface area (Å²) in [6.45, 7) is 3.86. The topological polar surface area (TPSA) is 20.2 Å². The van der Waals surface area contributed by atoms with Crippen LogP contribution in [0.3, 0.4) is 0 Å². The molecule has 0 amide bonds. The van der Waals surface area contributed by atoms with Gasteiger partial charge in [0.05, 0.1) is 6.10 Å². The molecule has 2 heteroatoms. The minimum atomic E-state index is -0.254. The van der Waals surface area contributed by atoms with Crippen molar-refractivity contribution in [3.05, 3.63) is 34.9 Å². The van der Waals surface area contributed by atoms with Gasteiger partial charge in [-0.3, -0.25) is 0 Å². The second-order valence-corrected chi connectivity index (χ2v) is 3.98. The summed E-state index contributed by atoms with van der Waals surface area (Å²) >= 11 is 5.76. The Morgan fingerprint density at radius 1 is 1.23 bits per heavy atom. The molecule has 0 heterocycles. The van der Waals surface area contributed by atoms with Gasteiger partial charge in [-0.2, -0.15) is 0 Å². The van der Waals surface area contributed by atoms with Crippen LogP contribution < -0.4 is 0 Å². The average molecular weight is 199 g/mol. The van der Waals surface area contributed by atoms with E-state index in [1.807, 2.05) is 38.1 Å². The van der Waals surface area contributed by atoms with Crippen LogP contribution in [0, 0.1) is 5.92 Å². The fourth-order valence-corrected chi connectivity index (χ4v) is 1.29. The molecule has 1 N–H and O–H groups in total. The molecule has 2 atom stereocenters. The first-order chi connectivity index (χ1) is 6.09. The molecule has 1 aromatic rings. The second kappa shape index (κ2) is 4.64. The lowest BCUT2D eigenvalue weighted by Crippen LogP contribution is -2.15. The molecule has 0 spiro atoms. The summed E-state index contributed by atoms with van der Waals surface area (Å²) in [7, 11) is 0. The molecule has 2 unspecified atom stereocenters. The van der Waals surface area contributed by atoms with Crippen molar-refractivity contribution >= 4 is 11.6 Å². The van der Waals surface area contributed by atoms with E-state index < -0.39 is 0 Å². The van der Waals surface area contributed by atoms with Gasteiger partial charge in [0.2, 0.25) is 0 Å². The standard InChI is InChI=1S/C11H15ClO/c1-8(9(2)13)7-10-3-5-11(12)6-4-10/h3-6,8-9,13H,7H2,1-2H3. The lowest BCUT2D eigenvalue weighted by atomic mass is 9.97. The first-order valence-corrected chi connectivity index (χ1v) is 4.90. The quantitative estimate of drug-likeness (QED) is 0.792. The predicted octanol–water partition coefficient (Wildman–Crippen LogP) is 2.90. The van der Waals surface area contributed by atoms with Gasteiger partial charge in [0.1, 0.15) is 0 Å². The summed E-state index contributed by atoms with van der Waals surface area (Å²) in [5.74, 6) is 0.293. The Labute approximate surface area is 84.4 Å². The van der Waals surface area contributed by atoms with Crippen molar-refractivity contribution in [2.24, 2.45) is 5.92 Å². The maximum Gasteiger partial charge on any atom is 0.0540 e. The fraction of sp³-hybridized carbons (Fsp3) is 0.455. The molecule has 13 heavy (non-hydrogen) atoms. The molecule has 1 nitrogen and oxygen atoms in total. The first-order valence-electron chi connectivity index (χ1n) is 4.52. The van der Waals surface area contributed by atoms with Crippen LogP contribution in [-0.2, 0) is 6.42 Å². The smallest absolute Gasteiger partial charge is 0.0540 e. The van der Waals surface area contributed by atoms with Gasteiger partial charge in [0.25, 0.3) is 0 Å². The molecule has 72 valence electrons. The molecular weight excluding hydrogens is 184 g/mol. The zero-order valence-corrected chi connectivity index (χ0v) is 8.75. The van der Waals surface area contributed by atoms with Gasteiger partial charge in [-0.1, -0.05) is 30.7 Å². The van der Waals surface area contributed by atoms with Gasteiger partial charge >= 0.3 is 0 Å². The van der Waals surface area contributed by atoms with Crippen molar-refractivity contribution in [2.45, 2.75) is 26.4 Å². The predicted molar refractivity (Wildman–Crippen MR) is 56.0 cm³/mol. The van der Waals surface area contributed by atoms with E-state index in [0.29, 0.717) is 5.92 Å². The van der Waals surface area contributed by atoms with Gasteiger partial charge in [-0.25, -0.2) is 0 Å². The lowest BCUT2D eigenvalue weighted by molar-refractivity contribution is 0.135. The van der Waals surface area contributed by atoms with E-state index in [2.05, 4.69) is 0 Å². The van der Waals surface area contributed by atoms with E-state index in [4.69, 9.17) is 11.6 Å². The van der Waals surface area contributed by atoms with Crippen molar-refractivity contribution < 1.29 is 5.11 Å². The monoisotopic (exact) mass is 198 g/mol. The average Bonchev–Trinajstić information content (AvgIpc) is 2.08. The second-order valence-electron chi connectivity index (χ2n) is 3.55. The molecule has 0 bridgehead atoms. The lowest BCUT2D eigenvalue weighted by Gasteiger charge is -2.14. The van der Waals surface area contributed by atoms with E-state index in [1.165, 1.54) is 5.56 Å². The van der Waals surface area contributed by atoms with Crippen molar-refractivity contribution in [1.29, 1.82) is 0 Å². The largest absolute Gasteiger partial charge is 0.393 e. The Morgan fingerprint density at radius 3 is 2.23 bits per heavy atom. The van der Waals surface area contributed by atoms with Gasteiger partial charge in [0, 0.05) is 5.02 Å². The molecule has 0 aliphatic rings. The summed E-state index contributed by atoms with van der Waals surface area (Å²) < 4.78 is 0. The molecule has 0 fully saturated rings. The number of rotatable bonds is 3. The molecule has 1 aromatic carbocycles. The van der Waals surface area contributed by atoms with Crippen LogP contribution in [-0.4, -0.2) is 11.2 Å². The fourth-order valence-electron chi connectivity index (χ4n) is 1.16. The highest BCUT2D eigenvalue weighted by molar-refractivity contribution is 6.30. The highest BCUT2D eigenvalue weighted by Crippen LogP contribution is 2.14. The zero-order valence-electron chi connectivity index (χ0n) is 8.00. The van der Waals surface area contributed by atoms with Crippen molar-refractivity contribution in [3.63, 3.8) is 0 Å². The van der Waals surface area contributed by atoms with Crippen LogP contribution in [0.1, 0.15) is 19.4 Å². The number of aliphatic hydroxyl groups is 1. The van der Waals surface area contributed by atoms with Gasteiger partial charge in [0.15, 0.2) is 0 Å². The van der Waals surface area contributed by atoms with Crippen LogP contribution >= 0.6 is 11.6 Å². The van der Waals surface area contributed by atoms with Crippen LogP contribution in [0.25, 0.3) is 0 Å². The van der Waals surface area contributed by atoms with E-state index in [-0.39, 0.29) is 6.10 Å². The highest BCUT2D eigenvalue weighted by atomic mass is 35.5. The molecule has 0 aliphatic carbocycles. The molecule has 0 aromatic heterocycles. The third-order valence-corrected chi connectivity index (χ3v) is 2.55. The van der Waals surface area contributed by atoms with E-state index in [1.54, 1.807) is 0 Å². The van der Waals surface area contributed by atoms with E-state index >= 15 is 0 Å². The van der Waals surface area contributed by atoms with Crippen molar-refractivity contribution in [1.82, 2.24) is 0 Å². The minimum absolute atomic E-state index is 0.254. The first kappa shape index (κ1) is 10.6. The Kier molecular flexibility index (Phi) is 3.76. The third-order valence-electron chi connectivity index (χ3n) is 2.29. The molecule has 0 saturated heterocycles. The van der Waals surface area contributed by atoms with Crippen LogP contribution in [0.4, 0.5) is 0 Å². The maximum absolute atomic E-state index is 9.31. The summed E-state index contributed by atoms with van der Waals surface area (Å²) in [6.07, 6.45) is 0.644.